The van der Waals surface area contributed by atoms with Crippen LogP contribution in [0.2, 0.25) is 0 Å². The predicted molar refractivity (Wildman–Crippen MR) is 109 cm³/mol. The fourth-order valence-corrected chi connectivity index (χ4v) is 5.09. The van der Waals surface area contributed by atoms with Crippen LogP contribution in [0.5, 0.6) is 0 Å². The van der Waals surface area contributed by atoms with Crippen molar-refractivity contribution in [3.63, 3.8) is 0 Å². The highest BCUT2D eigenvalue weighted by molar-refractivity contribution is 6.00. The van der Waals surface area contributed by atoms with Crippen LogP contribution in [0.25, 0.3) is 11.0 Å². The van der Waals surface area contributed by atoms with Crippen LogP contribution in [0.1, 0.15) is 55.2 Å². The highest BCUT2D eigenvalue weighted by Crippen LogP contribution is 2.36. The van der Waals surface area contributed by atoms with E-state index in [-0.39, 0.29) is 30.4 Å². The van der Waals surface area contributed by atoms with Crippen molar-refractivity contribution >= 4 is 29.3 Å². The number of nitrogens with zero attached hydrogens (tertiary/aromatic N) is 2. The van der Waals surface area contributed by atoms with Crippen molar-refractivity contribution in [2.24, 2.45) is 0 Å². The van der Waals surface area contributed by atoms with Gasteiger partial charge in [-0.1, -0.05) is 6.07 Å². The maximum absolute atomic E-state index is 13.2. The van der Waals surface area contributed by atoms with Crippen molar-refractivity contribution in [1.29, 1.82) is 0 Å². The van der Waals surface area contributed by atoms with E-state index in [2.05, 4.69) is 16.7 Å². The number of carbonyl (C=O) groups is 3. The fourth-order valence-electron chi connectivity index (χ4n) is 5.09. The molecule has 4 heterocycles. The first-order chi connectivity index (χ1) is 14.6. The lowest BCUT2D eigenvalue weighted by Crippen LogP contribution is -2.44. The van der Waals surface area contributed by atoms with E-state index >= 15 is 0 Å². The zero-order valence-electron chi connectivity index (χ0n) is 16.7. The Bertz CT molecular complexity index is 1050. The summed E-state index contributed by atoms with van der Waals surface area (Å²) in [5.74, 6) is -0.0897. The predicted octanol–water partition coefficient (Wildman–Crippen LogP) is 0.895. The third kappa shape index (κ3) is 3.43. The lowest BCUT2D eigenvalue weighted by molar-refractivity contribution is -0.135. The number of imide groups is 1. The van der Waals surface area contributed by atoms with E-state index in [0.29, 0.717) is 18.9 Å². The molecule has 0 saturated carbocycles. The molecule has 2 fully saturated rings. The summed E-state index contributed by atoms with van der Waals surface area (Å²) in [7, 11) is 0. The van der Waals surface area contributed by atoms with E-state index < -0.39 is 6.04 Å². The molecule has 160 valence electrons. The second-order valence-corrected chi connectivity index (χ2v) is 8.01. The standard InChI is InChI=1S/C20H24N4O3.CH2O2/c25-17-6-5-16(19(26)22-17)24-15-4-3-13(12-7-9-21-10-8-12)14-2-1-11-23(18(14)15)20(24)27;2-1-3/h3-4,12,16,21H,1-2,5-11H2,(H,22,25,26);1H,(H,2,3). The van der Waals surface area contributed by atoms with E-state index in [4.69, 9.17) is 9.90 Å². The van der Waals surface area contributed by atoms with Gasteiger partial charge in [-0.3, -0.25) is 28.8 Å². The zero-order chi connectivity index (χ0) is 21.3. The molecule has 2 amide bonds. The van der Waals surface area contributed by atoms with E-state index in [9.17, 15) is 14.4 Å². The van der Waals surface area contributed by atoms with Crippen LogP contribution in [0.3, 0.4) is 0 Å². The Kier molecular flexibility index (Phi) is 5.72. The number of imidazole rings is 1. The summed E-state index contributed by atoms with van der Waals surface area (Å²) >= 11 is 0. The third-order valence-electron chi connectivity index (χ3n) is 6.37. The molecule has 0 bridgehead atoms. The number of carbonyl (C=O) groups excluding carboxylic acids is 2. The van der Waals surface area contributed by atoms with E-state index in [1.165, 1.54) is 11.1 Å². The summed E-state index contributed by atoms with van der Waals surface area (Å²) in [6.07, 6.45) is 4.83. The number of rotatable bonds is 2. The fraction of sp³-hybridized carbons (Fsp3) is 0.524. The number of aryl methyl sites for hydroxylation is 2. The summed E-state index contributed by atoms with van der Waals surface area (Å²) in [6.45, 7) is 2.51. The van der Waals surface area contributed by atoms with Crippen LogP contribution in [0.15, 0.2) is 16.9 Å². The molecule has 2 saturated heterocycles. The van der Waals surface area contributed by atoms with Gasteiger partial charge in [0.2, 0.25) is 11.8 Å². The van der Waals surface area contributed by atoms with E-state index in [0.717, 1.165) is 49.8 Å². The molecule has 3 N–H and O–H groups in total. The van der Waals surface area contributed by atoms with Crippen LogP contribution in [-0.4, -0.2) is 45.6 Å². The molecule has 1 aromatic heterocycles. The molecule has 1 atom stereocenters. The van der Waals surface area contributed by atoms with E-state index in [1.54, 1.807) is 4.57 Å². The van der Waals surface area contributed by atoms with Gasteiger partial charge in [0.1, 0.15) is 6.04 Å². The molecule has 1 unspecified atom stereocenters. The molecular formula is C21H26N4O5. The van der Waals surface area contributed by atoms with Crippen LogP contribution < -0.4 is 16.3 Å². The average Bonchev–Trinajstić information content (AvgIpc) is 3.03. The number of hydrogen-bond acceptors (Lipinski definition) is 5. The second kappa shape index (κ2) is 8.43. The summed E-state index contributed by atoms with van der Waals surface area (Å²) in [6, 6.07) is 3.59. The van der Waals surface area contributed by atoms with Crippen LogP contribution in [0.4, 0.5) is 0 Å². The SMILES string of the molecule is O=C1CCC(n2c(=O)n3c4c(c(C5CCNCC5)ccc42)CCC3)C(=O)N1.O=CO. The highest BCUT2D eigenvalue weighted by Gasteiger charge is 2.33. The molecular weight excluding hydrogens is 388 g/mol. The Morgan fingerprint density at radius 3 is 2.50 bits per heavy atom. The quantitative estimate of drug-likeness (QED) is 0.496. The van der Waals surface area contributed by atoms with Crippen molar-refractivity contribution < 1.29 is 19.5 Å². The number of nitrogens with one attached hydrogen (secondary N) is 2. The molecule has 1 aromatic carbocycles. The van der Waals surface area contributed by atoms with Gasteiger partial charge in [-0.05, 0) is 68.3 Å². The summed E-state index contributed by atoms with van der Waals surface area (Å²) in [5, 5.41) is 12.7. The molecule has 0 radical (unpaired) electrons. The zero-order valence-corrected chi connectivity index (χ0v) is 16.7. The number of aromatic nitrogens is 2. The highest BCUT2D eigenvalue weighted by atomic mass is 16.3. The smallest absolute Gasteiger partial charge is 0.329 e. The topological polar surface area (TPSA) is 122 Å². The average molecular weight is 414 g/mol. The Morgan fingerprint density at radius 1 is 1.07 bits per heavy atom. The lowest BCUT2D eigenvalue weighted by atomic mass is 9.84. The first kappa shape index (κ1) is 20.3. The van der Waals surface area contributed by atoms with Crippen molar-refractivity contribution in [3.05, 3.63) is 33.7 Å². The second-order valence-electron chi connectivity index (χ2n) is 8.01. The largest absolute Gasteiger partial charge is 0.483 e. The lowest BCUT2D eigenvalue weighted by Gasteiger charge is -2.27. The first-order valence-corrected chi connectivity index (χ1v) is 10.5. The number of piperidine rings is 2. The maximum Gasteiger partial charge on any atom is 0.329 e. The molecule has 0 spiro atoms. The molecule has 3 aliphatic rings. The number of carboxylic acid groups (broad SMARTS) is 1. The third-order valence-corrected chi connectivity index (χ3v) is 6.37. The van der Waals surface area contributed by atoms with Crippen LogP contribution in [0, 0.1) is 0 Å². The van der Waals surface area contributed by atoms with Gasteiger partial charge in [0, 0.05) is 13.0 Å². The maximum atomic E-state index is 13.2. The molecule has 9 nitrogen and oxygen atoms in total. The molecule has 2 aromatic rings. The van der Waals surface area contributed by atoms with Crippen LogP contribution >= 0.6 is 0 Å². The molecule has 5 rings (SSSR count). The van der Waals surface area contributed by atoms with Gasteiger partial charge in [-0.15, -0.1) is 0 Å². The summed E-state index contributed by atoms with van der Waals surface area (Å²) in [4.78, 5) is 45.5. The van der Waals surface area contributed by atoms with Crippen molar-refractivity contribution in [2.45, 2.75) is 57.0 Å². The Labute approximate surface area is 173 Å². The molecule has 30 heavy (non-hydrogen) atoms. The van der Waals surface area contributed by atoms with Crippen molar-refractivity contribution in [1.82, 2.24) is 19.8 Å². The first-order valence-electron chi connectivity index (χ1n) is 10.5. The van der Waals surface area contributed by atoms with Gasteiger partial charge in [0.15, 0.2) is 0 Å². The van der Waals surface area contributed by atoms with Crippen molar-refractivity contribution in [2.75, 3.05) is 13.1 Å². The monoisotopic (exact) mass is 414 g/mol. The number of benzene rings is 1. The Hall–Kier alpha value is -2.94. The van der Waals surface area contributed by atoms with Crippen LogP contribution in [-0.2, 0) is 27.3 Å². The summed E-state index contributed by atoms with van der Waals surface area (Å²) in [5.41, 5.74) is 4.38. The van der Waals surface area contributed by atoms with Gasteiger partial charge in [-0.2, -0.15) is 0 Å². The molecule has 3 aliphatic heterocycles. The normalized spacial score (nSPS) is 21.7. The van der Waals surface area contributed by atoms with Gasteiger partial charge in [0.25, 0.3) is 6.47 Å². The number of hydrogen-bond donors (Lipinski definition) is 3. The minimum atomic E-state index is -0.602. The van der Waals surface area contributed by atoms with Gasteiger partial charge >= 0.3 is 5.69 Å². The number of amides is 2. The van der Waals surface area contributed by atoms with Crippen molar-refractivity contribution in [3.8, 4) is 0 Å². The minimum Gasteiger partial charge on any atom is -0.483 e. The van der Waals surface area contributed by atoms with Gasteiger partial charge < -0.3 is 10.4 Å². The molecule has 0 aliphatic carbocycles. The molecule has 9 heteroatoms. The Morgan fingerprint density at radius 2 is 1.80 bits per heavy atom. The van der Waals surface area contributed by atoms with E-state index in [1.807, 2.05) is 10.6 Å². The minimum absolute atomic E-state index is 0.122. The Balaban J connectivity index is 0.000000687. The van der Waals surface area contributed by atoms with Gasteiger partial charge in [-0.25, -0.2) is 4.79 Å². The summed E-state index contributed by atoms with van der Waals surface area (Å²) < 4.78 is 3.47. The van der Waals surface area contributed by atoms with Gasteiger partial charge in [0.05, 0.1) is 11.0 Å².